The zero-order chi connectivity index (χ0) is 11.5. The molecule has 1 rings (SSSR count). The molecule has 0 bridgehead atoms. The summed E-state index contributed by atoms with van der Waals surface area (Å²) in [4.78, 5) is 0. The molecule has 0 radical (unpaired) electrons. The van der Waals surface area contributed by atoms with E-state index in [9.17, 15) is 0 Å². The minimum Gasteiger partial charge on any atom is -0.238 e. The van der Waals surface area contributed by atoms with Gasteiger partial charge in [0.2, 0.25) is 0 Å². The van der Waals surface area contributed by atoms with Crippen molar-refractivity contribution in [1.82, 2.24) is 15.0 Å². The minimum atomic E-state index is 0.258. The molecule has 1 heterocycles. The number of rotatable bonds is 4. The molecule has 0 aliphatic carbocycles. The van der Waals surface area contributed by atoms with Gasteiger partial charge in [0, 0.05) is 6.54 Å². The van der Waals surface area contributed by atoms with Crippen LogP contribution in [0.1, 0.15) is 46.2 Å². The fourth-order valence-electron chi connectivity index (χ4n) is 1.40. The molecule has 86 valence electrons. The van der Waals surface area contributed by atoms with Gasteiger partial charge >= 0.3 is 0 Å². The van der Waals surface area contributed by atoms with Crippen LogP contribution in [-0.4, -0.2) is 15.0 Å². The lowest BCUT2D eigenvalue weighted by atomic mass is 9.91. The topological polar surface area (TPSA) is 30.7 Å². The van der Waals surface area contributed by atoms with E-state index < -0.39 is 0 Å². The van der Waals surface area contributed by atoms with Crippen LogP contribution in [0, 0.1) is 5.41 Å². The van der Waals surface area contributed by atoms with Crippen LogP contribution in [0.15, 0.2) is 4.60 Å². The van der Waals surface area contributed by atoms with E-state index in [2.05, 4.69) is 53.9 Å². The van der Waals surface area contributed by atoms with E-state index in [-0.39, 0.29) is 5.41 Å². The van der Waals surface area contributed by atoms with Gasteiger partial charge in [0.15, 0.2) is 0 Å². The number of hydrogen-bond donors (Lipinski definition) is 0. The molecule has 0 aromatic carbocycles. The number of unbranched alkanes of at least 4 members (excludes halogenated alkanes) is 1. The van der Waals surface area contributed by atoms with Crippen molar-refractivity contribution in [2.45, 2.75) is 53.5 Å². The maximum absolute atomic E-state index is 4.22. The number of halogens is 1. The van der Waals surface area contributed by atoms with E-state index >= 15 is 0 Å². The van der Waals surface area contributed by atoms with Crippen LogP contribution in [0.5, 0.6) is 0 Å². The largest absolute Gasteiger partial charge is 0.238 e. The molecule has 0 atom stereocenters. The Morgan fingerprint density at radius 1 is 1.33 bits per heavy atom. The third-order valence-corrected chi connectivity index (χ3v) is 3.03. The molecular formula is C11H20BrN3. The van der Waals surface area contributed by atoms with Crippen molar-refractivity contribution in [3.63, 3.8) is 0 Å². The molecule has 1 aromatic heterocycles. The standard InChI is InChI=1S/C11H20BrN3/c1-5-6-7-15-10(12)9(13-14-15)8-11(2,3)4/h5-8H2,1-4H3. The van der Waals surface area contributed by atoms with Gasteiger partial charge in [-0.05, 0) is 34.2 Å². The summed E-state index contributed by atoms with van der Waals surface area (Å²) in [6.45, 7) is 9.77. The van der Waals surface area contributed by atoms with Crippen molar-refractivity contribution in [3.05, 3.63) is 10.3 Å². The first-order chi connectivity index (χ1) is 6.94. The lowest BCUT2D eigenvalue weighted by molar-refractivity contribution is 0.405. The number of hydrogen-bond acceptors (Lipinski definition) is 2. The first-order valence-corrected chi connectivity index (χ1v) is 6.31. The number of aryl methyl sites for hydroxylation is 1. The van der Waals surface area contributed by atoms with Crippen LogP contribution in [-0.2, 0) is 13.0 Å². The van der Waals surface area contributed by atoms with Crippen LogP contribution in [0.2, 0.25) is 0 Å². The molecule has 4 heteroatoms. The SMILES string of the molecule is CCCCn1nnc(CC(C)(C)C)c1Br. The monoisotopic (exact) mass is 273 g/mol. The van der Waals surface area contributed by atoms with Crippen molar-refractivity contribution in [2.75, 3.05) is 0 Å². The van der Waals surface area contributed by atoms with Crippen molar-refractivity contribution >= 4 is 15.9 Å². The highest BCUT2D eigenvalue weighted by atomic mass is 79.9. The summed E-state index contributed by atoms with van der Waals surface area (Å²) >= 11 is 3.57. The molecular weight excluding hydrogens is 254 g/mol. The second-order valence-corrected chi connectivity index (χ2v) is 5.89. The van der Waals surface area contributed by atoms with E-state index in [1.165, 1.54) is 6.42 Å². The van der Waals surface area contributed by atoms with Crippen LogP contribution in [0.3, 0.4) is 0 Å². The van der Waals surface area contributed by atoms with Gasteiger partial charge in [-0.1, -0.05) is 39.3 Å². The number of nitrogens with zero attached hydrogens (tertiary/aromatic N) is 3. The molecule has 0 N–H and O–H groups in total. The van der Waals surface area contributed by atoms with E-state index in [0.29, 0.717) is 0 Å². The molecule has 15 heavy (non-hydrogen) atoms. The Morgan fingerprint density at radius 2 is 2.00 bits per heavy atom. The van der Waals surface area contributed by atoms with Gasteiger partial charge in [0.1, 0.15) is 4.60 Å². The normalized spacial score (nSPS) is 12.1. The molecule has 3 nitrogen and oxygen atoms in total. The Labute approximate surface area is 100 Å². The average Bonchev–Trinajstić information content (AvgIpc) is 2.43. The smallest absolute Gasteiger partial charge is 0.127 e. The van der Waals surface area contributed by atoms with E-state index in [0.717, 1.165) is 29.7 Å². The molecule has 0 saturated heterocycles. The zero-order valence-corrected chi connectivity index (χ0v) is 11.6. The summed E-state index contributed by atoms with van der Waals surface area (Å²) < 4.78 is 3.00. The highest BCUT2D eigenvalue weighted by molar-refractivity contribution is 9.10. The van der Waals surface area contributed by atoms with Gasteiger partial charge in [-0.3, -0.25) is 0 Å². The molecule has 1 aromatic rings. The van der Waals surface area contributed by atoms with E-state index in [1.54, 1.807) is 0 Å². The Morgan fingerprint density at radius 3 is 2.53 bits per heavy atom. The fourth-order valence-corrected chi connectivity index (χ4v) is 1.87. The Bertz CT molecular complexity index is 312. The van der Waals surface area contributed by atoms with Crippen LogP contribution >= 0.6 is 15.9 Å². The minimum absolute atomic E-state index is 0.258. The summed E-state index contributed by atoms with van der Waals surface area (Å²) in [5.74, 6) is 0. The van der Waals surface area contributed by atoms with Crippen LogP contribution in [0.4, 0.5) is 0 Å². The van der Waals surface area contributed by atoms with Gasteiger partial charge in [-0.15, -0.1) is 5.10 Å². The molecule has 0 unspecified atom stereocenters. The van der Waals surface area contributed by atoms with E-state index in [4.69, 9.17) is 0 Å². The third kappa shape index (κ3) is 3.93. The molecule has 0 aliphatic rings. The predicted octanol–water partition coefficient (Wildman–Crippen LogP) is 3.43. The summed E-state index contributed by atoms with van der Waals surface area (Å²) in [5.41, 5.74) is 1.33. The molecule has 0 saturated carbocycles. The molecule has 0 amide bonds. The summed E-state index contributed by atoms with van der Waals surface area (Å²) in [7, 11) is 0. The first kappa shape index (κ1) is 12.7. The fraction of sp³-hybridized carbons (Fsp3) is 0.818. The second kappa shape index (κ2) is 5.10. The predicted molar refractivity (Wildman–Crippen MR) is 65.8 cm³/mol. The average molecular weight is 274 g/mol. The van der Waals surface area contributed by atoms with Crippen molar-refractivity contribution in [3.8, 4) is 0 Å². The van der Waals surface area contributed by atoms with Gasteiger partial charge in [-0.25, -0.2) is 4.68 Å². The van der Waals surface area contributed by atoms with Gasteiger partial charge in [0.05, 0.1) is 5.69 Å². The molecule has 0 fully saturated rings. The summed E-state index contributed by atoms with van der Waals surface area (Å²) in [6.07, 6.45) is 3.29. The van der Waals surface area contributed by atoms with Crippen LogP contribution < -0.4 is 0 Å². The van der Waals surface area contributed by atoms with E-state index in [1.807, 2.05) is 4.68 Å². The third-order valence-electron chi connectivity index (χ3n) is 2.16. The first-order valence-electron chi connectivity index (χ1n) is 5.52. The lowest BCUT2D eigenvalue weighted by Gasteiger charge is -2.15. The maximum Gasteiger partial charge on any atom is 0.127 e. The Kier molecular flexibility index (Phi) is 4.32. The lowest BCUT2D eigenvalue weighted by Crippen LogP contribution is -2.10. The van der Waals surface area contributed by atoms with Crippen molar-refractivity contribution in [2.24, 2.45) is 5.41 Å². The highest BCUT2D eigenvalue weighted by Gasteiger charge is 2.17. The maximum atomic E-state index is 4.22. The Hall–Kier alpha value is -0.380. The quantitative estimate of drug-likeness (QED) is 0.842. The van der Waals surface area contributed by atoms with Crippen molar-refractivity contribution < 1.29 is 0 Å². The molecule has 0 spiro atoms. The summed E-state index contributed by atoms with van der Waals surface area (Å²) in [5, 5.41) is 8.38. The van der Waals surface area contributed by atoms with Gasteiger partial charge < -0.3 is 0 Å². The Balaban J connectivity index is 2.71. The summed E-state index contributed by atoms with van der Waals surface area (Å²) in [6, 6.07) is 0. The van der Waals surface area contributed by atoms with Gasteiger partial charge in [-0.2, -0.15) is 0 Å². The van der Waals surface area contributed by atoms with Crippen LogP contribution in [0.25, 0.3) is 0 Å². The zero-order valence-electron chi connectivity index (χ0n) is 10.0. The second-order valence-electron chi connectivity index (χ2n) is 5.14. The van der Waals surface area contributed by atoms with Gasteiger partial charge in [0.25, 0.3) is 0 Å². The molecule has 0 aliphatic heterocycles. The highest BCUT2D eigenvalue weighted by Crippen LogP contribution is 2.24. The van der Waals surface area contributed by atoms with Crippen molar-refractivity contribution in [1.29, 1.82) is 0 Å². The number of aromatic nitrogens is 3.